The number of nitrogens with zero attached hydrogens (tertiary/aromatic N) is 1. The van der Waals surface area contributed by atoms with Crippen molar-refractivity contribution in [1.29, 1.82) is 0 Å². The Balaban J connectivity index is 2.10. The van der Waals surface area contributed by atoms with Crippen LogP contribution in [0.2, 0.25) is 0 Å². The summed E-state index contributed by atoms with van der Waals surface area (Å²) in [5, 5.41) is 0. The van der Waals surface area contributed by atoms with E-state index in [0.29, 0.717) is 6.54 Å². The number of aryl methyl sites for hydroxylation is 1. The zero-order valence-electron chi connectivity index (χ0n) is 9.04. The first-order valence-corrected chi connectivity index (χ1v) is 5.39. The maximum Gasteiger partial charge on any atom is 0.127 e. The molecule has 2 rings (SSSR count). The summed E-state index contributed by atoms with van der Waals surface area (Å²) in [5.74, 6) is -0.101. The molecule has 0 aromatic heterocycles. The van der Waals surface area contributed by atoms with Crippen LogP contribution in [0.5, 0.6) is 0 Å². The fraction of sp³-hybridized carbons (Fsp3) is 0.500. The lowest BCUT2D eigenvalue weighted by Crippen LogP contribution is -2.26. The van der Waals surface area contributed by atoms with E-state index in [1.807, 2.05) is 13.0 Å². The Morgan fingerprint density at radius 2 is 2.33 bits per heavy atom. The molecule has 0 bridgehead atoms. The van der Waals surface area contributed by atoms with E-state index in [0.717, 1.165) is 30.6 Å². The average molecular weight is 208 g/mol. The maximum absolute atomic E-state index is 13.5. The van der Waals surface area contributed by atoms with Crippen LogP contribution in [0.4, 0.5) is 4.39 Å². The van der Waals surface area contributed by atoms with Gasteiger partial charge in [-0.25, -0.2) is 4.39 Å². The highest BCUT2D eigenvalue weighted by Crippen LogP contribution is 2.17. The summed E-state index contributed by atoms with van der Waals surface area (Å²) in [7, 11) is 0. The highest BCUT2D eigenvalue weighted by Gasteiger charge is 2.20. The minimum atomic E-state index is -0.101. The normalized spacial score (nSPS) is 22.2. The van der Waals surface area contributed by atoms with E-state index in [9.17, 15) is 4.39 Å². The average Bonchev–Trinajstić information content (AvgIpc) is 2.58. The van der Waals surface area contributed by atoms with Crippen molar-refractivity contribution in [3.63, 3.8) is 0 Å². The topological polar surface area (TPSA) is 29.3 Å². The molecule has 1 aromatic rings. The van der Waals surface area contributed by atoms with Crippen molar-refractivity contribution in [3.8, 4) is 0 Å². The predicted molar refractivity (Wildman–Crippen MR) is 59.0 cm³/mol. The van der Waals surface area contributed by atoms with E-state index in [1.54, 1.807) is 6.07 Å². The largest absolute Gasteiger partial charge is 0.326 e. The van der Waals surface area contributed by atoms with E-state index in [2.05, 4.69) is 4.90 Å². The van der Waals surface area contributed by atoms with Crippen molar-refractivity contribution in [2.24, 2.45) is 5.73 Å². The molecule has 2 nitrogen and oxygen atoms in total. The van der Waals surface area contributed by atoms with E-state index in [1.165, 1.54) is 6.07 Å². The van der Waals surface area contributed by atoms with Gasteiger partial charge in [0.15, 0.2) is 0 Å². The molecule has 2 N–H and O–H groups in total. The van der Waals surface area contributed by atoms with Gasteiger partial charge < -0.3 is 5.73 Å². The van der Waals surface area contributed by atoms with Crippen LogP contribution in [0.1, 0.15) is 17.5 Å². The van der Waals surface area contributed by atoms with Gasteiger partial charge in [0.2, 0.25) is 0 Å². The molecule has 0 radical (unpaired) electrons. The minimum Gasteiger partial charge on any atom is -0.326 e. The van der Waals surface area contributed by atoms with Crippen LogP contribution >= 0.6 is 0 Å². The Morgan fingerprint density at radius 3 is 2.93 bits per heavy atom. The first-order chi connectivity index (χ1) is 7.16. The zero-order valence-corrected chi connectivity index (χ0v) is 9.04. The van der Waals surface area contributed by atoms with Crippen molar-refractivity contribution in [2.45, 2.75) is 25.9 Å². The number of benzene rings is 1. The molecule has 1 aliphatic heterocycles. The van der Waals surface area contributed by atoms with Gasteiger partial charge in [-0.05, 0) is 25.0 Å². The summed E-state index contributed by atoms with van der Waals surface area (Å²) in [6.45, 7) is 4.50. The molecular weight excluding hydrogens is 191 g/mol. The highest BCUT2D eigenvalue weighted by atomic mass is 19.1. The Hall–Kier alpha value is -0.930. The number of rotatable bonds is 2. The molecule has 1 atom stereocenters. The summed E-state index contributed by atoms with van der Waals surface area (Å²) >= 11 is 0. The van der Waals surface area contributed by atoms with E-state index < -0.39 is 0 Å². The second-order valence-electron chi connectivity index (χ2n) is 4.32. The molecule has 15 heavy (non-hydrogen) atoms. The van der Waals surface area contributed by atoms with Crippen molar-refractivity contribution in [2.75, 3.05) is 13.1 Å². The number of hydrogen-bond acceptors (Lipinski definition) is 2. The van der Waals surface area contributed by atoms with Gasteiger partial charge in [-0.3, -0.25) is 4.90 Å². The molecule has 0 saturated carbocycles. The molecule has 0 aliphatic carbocycles. The molecule has 1 aliphatic rings. The van der Waals surface area contributed by atoms with Gasteiger partial charge in [0.1, 0.15) is 5.82 Å². The molecule has 1 unspecified atom stereocenters. The first kappa shape index (κ1) is 10.6. The SMILES string of the molecule is Cc1cccc(F)c1CN1CCC(N)C1. The van der Waals surface area contributed by atoms with Gasteiger partial charge in [-0.15, -0.1) is 0 Å². The summed E-state index contributed by atoms with van der Waals surface area (Å²) < 4.78 is 13.5. The molecule has 3 heteroatoms. The van der Waals surface area contributed by atoms with E-state index >= 15 is 0 Å². The molecule has 1 heterocycles. The molecule has 1 saturated heterocycles. The lowest BCUT2D eigenvalue weighted by atomic mass is 10.1. The number of hydrogen-bond donors (Lipinski definition) is 1. The third-order valence-corrected chi connectivity index (χ3v) is 3.04. The summed E-state index contributed by atoms with van der Waals surface area (Å²) in [5.41, 5.74) is 7.65. The quantitative estimate of drug-likeness (QED) is 0.801. The maximum atomic E-state index is 13.5. The fourth-order valence-electron chi connectivity index (χ4n) is 2.10. The van der Waals surface area contributed by atoms with Crippen LogP contribution in [-0.4, -0.2) is 24.0 Å². The highest BCUT2D eigenvalue weighted by molar-refractivity contribution is 5.27. The predicted octanol–water partition coefficient (Wildman–Crippen LogP) is 1.67. The second-order valence-corrected chi connectivity index (χ2v) is 4.32. The molecule has 0 amide bonds. The lowest BCUT2D eigenvalue weighted by molar-refractivity contribution is 0.320. The number of likely N-dealkylation sites (tertiary alicyclic amines) is 1. The van der Waals surface area contributed by atoms with Crippen LogP contribution < -0.4 is 5.73 Å². The van der Waals surface area contributed by atoms with Gasteiger partial charge in [0, 0.05) is 31.2 Å². The van der Waals surface area contributed by atoms with Crippen molar-refractivity contribution in [3.05, 3.63) is 35.1 Å². The lowest BCUT2D eigenvalue weighted by Gasteiger charge is -2.17. The third kappa shape index (κ3) is 2.36. The standard InChI is InChI=1S/C12H17FN2/c1-9-3-2-4-12(13)11(9)8-15-6-5-10(14)7-15/h2-4,10H,5-8,14H2,1H3. The molecule has 1 aromatic carbocycles. The minimum absolute atomic E-state index is 0.101. The smallest absolute Gasteiger partial charge is 0.127 e. The van der Waals surface area contributed by atoms with Crippen LogP contribution in [0.15, 0.2) is 18.2 Å². The molecular formula is C12H17FN2. The molecule has 1 fully saturated rings. The monoisotopic (exact) mass is 208 g/mol. The van der Waals surface area contributed by atoms with Gasteiger partial charge in [-0.2, -0.15) is 0 Å². The zero-order chi connectivity index (χ0) is 10.8. The molecule has 82 valence electrons. The van der Waals surface area contributed by atoms with Crippen LogP contribution in [-0.2, 0) is 6.54 Å². The van der Waals surface area contributed by atoms with E-state index in [-0.39, 0.29) is 11.9 Å². The number of nitrogens with two attached hydrogens (primary N) is 1. The van der Waals surface area contributed by atoms with Gasteiger partial charge in [0.25, 0.3) is 0 Å². The summed E-state index contributed by atoms with van der Waals surface area (Å²) in [4.78, 5) is 2.22. The van der Waals surface area contributed by atoms with E-state index in [4.69, 9.17) is 5.73 Å². The summed E-state index contributed by atoms with van der Waals surface area (Å²) in [6, 6.07) is 5.49. The van der Waals surface area contributed by atoms with Crippen molar-refractivity contribution < 1.29 is 4.39 Å². The van der Waals surface area contributed by atoms with Gasteiger partial charge in [0.05, 0.1) is 0 Å². The third-order valence-electron chi connectivity index (χ3n) is 3.04. The van der Waals surface area contributed by atoms with Crippen molar-refractivity contribution in [1.82, 2.24) is 4.90 Å². The van der Waals surface area contributed by atoms with Crippen LogP contribution in [0.25, 0.3) is 0 Å². The Morgan fingerprint density at radius 1 is 1.53 bits per heavy atom. The first-order valence-electron chi connectivity index (χ1n) is 5.39. The van der Waals surface area contributed by atoms with Crippen LogP contribution in [0, 0.1) is 12.7 Å². The summed E-state index contributed by atoms with van der Waals surface area (Å²) in [6.07, 6.45) is 1.02. The van der Waals surface area contributed by atoms with Gasteiger partial charge in [-0.1, -0.05) is 12.1 Å². The fourth-order valence-corrected chi connectivity index (χ4v) is 2.10. The van der Waals surface area contributed by atoms with Crippen molar-refractivity contribution >= 4 is 0 Å². The second kappa shape index (κ2) is 4.29. The Kier molecular flexibility index (Phi) is 3.03. The van der Waals surface area contributed by atoms with Gasteiger partial charge >= 0.3 is 0 Å². The van der Waals surface area contributed by atoms with Crippen LogP contribution in [0.3, 0.4) is 0 Å². The Bertz CT molecular complexity index is 331. The molecule has 0 spiro atoms. The Labute approximate surface area is 89.9 Å². The number of halogens is 1.